The van der Waals surface area contributed by atoms with Crippen LogP contribution < -0.4 is 5.73 Å². The van der Waals surface area contributed by atoms with E-state index in [1.54, 1.807) is 5.57 Å². The molecule has 3 heteroatoms. The number of aromatic nitrogens is 2. The molecule has 0 atom stereocenters. The molecular formula is C12H19N3. The highest BCUT2D eigenvalue weighted by atomic mass is 15.2. The predicted octanol–water partition coefficient (Wildman–Crippen LogP) is 1.79. The molecule has 3 nitrogen and oxygen atoms in total. The molecule has 0 aromatic carbocycles. The number of nitrogens with zero attached hydrogens (tertiary/aromatic N) is 2. The van der Waals surface area contributed by atoms with Gasteiger partial charge in [0.1, 0.15) is 0 Å². The van der Waals surface area contributed by atoms with Crippen molar-refractivity contribution in [2.45, 2.75) is 38.1 Å². The Morgan fingerprint density at radius 2 is 2.27 bits per heavy atom. The Balaban J connectivity index is 1.92. The fourth-order valence-electron chi connectivity index (χ4n) is 2.07. The molecule has 0 spiro atoms. The average Bonchev–Trinajstić information content (AvgIpc) is 2.63. The molecule has 1 aromatic heterocycles. The summed E-state index contributed by atoms with van der Waals surface area (Å²) in [6, 6.07) is 2.50. The molecule has 0 radical (unpaired) electrons. The summed E-state index contributed by atoms with van der Waals surface area (Å²) >= 11 is 0. The first-order valence-corrected chi connectivity index (χ1v) is 5.66. The third kappa shape index (κ3) is 2.69. The minimum atomic E-state index is 0.429. The molecule has 0 amide bonds. The summed E-state index contributed by atoms with van der Waals surface area (Å²) in [5.74, 6) is 0. The highest BCUT2D eigenvalue weighted by molar-refractivity contribution is 5.12. The Kier molecular flexibility index (Phi) is 3.21. The Hall–Kier alpha value is -1.09. The Labute approximate surface area is 91.0 Å². The van der Waals surface area contributed by atoms with E-state index in [-0.39, 0.29) is 0 Å². The van der Waals surface area contributed by atoms with Crippen LogP contribution in [0.15, 0.2) is 23.9 Å². The van der Waals surface area contributed by atoms with Gasteiger partial charge in [-0.2, -0.15) is 5.10 Å². The Morgan fingerprint density at radius 3 is 2.87 bits per heavy atom. The second-order valence-corrected chi connectivity index (χ2v) is 4.35. The van der Waals surface area contributed by atoms with E-state index in [1.807, 2.05) is 17.9 Å². The minimum Gasteiger partial charge on any atom is -0.328 e. The van der Waals surface area contributed by atoms with Gasteiger partial charge in [0.15, 0.2) is 0 Å². The van der Waals surface area contributed by atoms with Crippen molar-refractivity contribution in [3.8, 4) is 0 Å². The average molecular weight is 205 g/mol. The van der Waals surface area contributed by atoms with Crippen LogP contribution in [0.2, 0.25) is 0 Å². The zero-order valence-corrected chi connectivity index (χ0v) is 9.32. The van der Waals surface area contributed by atoms with Crippen LogP contribution in [0.1, 0.15) is 31.4 Å². The molecule has 15 heavy (non-hydrogen) atoms. The van der Waals surface area contributed by atoms with Gasteiger partial charge < -0.3 is 5.73 Å². The molecule has 1 aliphatic carbocycles. The Bertz CT molecular complexity index is 342. The van der Waals surface area contributed by atoms with E-state index in [2.05, 4.69) is 17.2 Å². The lowest BCUT2D eigenvalue weighted by atomic mass is 9.91. The van der Waals surface area contributed by atoms with Gasteiger partial charge in [0.2, 0.25) is 0 Å². The van der Waals surface area contributed by atoms with Crippen molar-refractivity contribution >= 4 is 0 Å². The minimum absolute atomic E-state index is 0.429. The molecule has 0 aliphatic heterocycles. The van der Waals surface area contributed by atoms with Crippen LogP contribution in [0.5, 0.6) is 0 Å². The van der Waals surface area contributed by atoms with E-state index in [9.17, 15) is 0 Å². The van der Waals surface area contributed by atoms with E-state index in [1.165, 1.54) is 18.5 Å². The maximum absolute atomic E-state index is 5.87. The van der Waals surface area contributed by atoms with Gasteiger partial charge in [-0.1, -0.05) is 11.6 Å². The lowest BCUT2D eigenvalue weighted by Crippen LogP contribution is -2.23. The number of aryl methyl sites for hydroxylation is 1. The van der Waals surface area contributed by atoms with Crippen molar-refractivity contribution in [1.29, 1.82) is 0 Å². The molecule has 1 saturated carbocycles. The quantitative estimate of drug-likeness (QED) is 0.748. The summed E-state index contributed by atoms with van der Waals surface area (Å²) in [6.07, 6.45) is 9.86. The first-order valence-electron chi connectivity index (χ1n) is 5.66. The summed E-state index contributed by atoms with van der Waals surface area (Å²) < 4.78 is 1.94. The highest BCUT2D eigenvalue weighted by Crippen LogP contribution is 2.22. The van der Waals surface area contributed by atoms with Crippen molar-refractivity contribution in [2.75, 3.05) is 0 Å². The van der Waals surface area contributed by atoms with Gasteiger partial charge in [-0.15, -0.1) is 0 Å². The largest absolute Gasteiger partial charge is 0.328 e. The van der Waals surface area contributed by atoms with Crippen LogP contribution in [0.3, 0.4) is 0 Å². The molecule has 1 heterocycles. The molecule has 1 fully saturated rings. The van der Waals surface area contributed by atoms with E-state index in [4.69, 9.17) is 5.73 Å². The molecule has 0 unspecified atom stereocenters. The lowest BCUT2D eigenvalue weighted by molar-refractivity contribution is 0.510. The van der Waals surface area contributed by atoms with Gasteiger partial charge >= 0.3 is 0 Å². The van der Waals surface area contributed by atoms with Crippen LogP contribution >= 0.6 is 0 Å². The molecule has 2 rings (SSSR count). The molecule has 0 bridgehead atoms. The maximum atomic E-state index is 5.87. The van der Waals surface area contributed by atoms with Crippen molar-refractivity contribution in [2.24, 2.45) is 12.8 Å². The number of rotatable bonds is 2. The van der Waals surface area contributed by atoms with Crippen LogP contribution in [-0.4, -0.2) is 15.8 Å². The summed E-state index contributed by atoms with van der Waals surface area (Å²) in [6.45, 7) is 0. The molecule has 82 valence electrons. The first kappa shape index (κ1) is 10.4. The van der Waals surface area contributed by atoms with Crippen molar-refractivity contribution in [1.82, 2.24) is 9.78 Å². The predicted molar refractivity (Wildman–Crippen MR) is 61.4 cm³/mol. The summed E-state index contributed by atoms with van der Waals surface area (Å²) in [5, 5.41) is 4.16. The van der Waals surface area contributed by atoms with E-state index < -0.39 is 0 Å². The third-order valence-corrected chi connectivity index (χ3v) is 3.19. The van der Waals surface area contributed by atoms with Crippen molar-refractivity contribution < 1.29 is 0 Å². The lowest BCUT2D eigenvalue weighted by Gasteiger charge is -2.20. The van der Waals surface area contributed by atoms with Crippen molar-refractivity contribution in [3.05, 3.63) is 29.6 Å². The highest BCUT2D eigenvalue weighted by Gasteiger charge is 2.12. The van der Waals surface area contributed by atoms with E-state index in [0.717, 1.165) is 19.3 Å². The number of nitrogens with two attached hydrogens (primary N) is 1. The van der Waals surface area contributed by atoms with Crippen LogP contribution in [-0.2, 0) is 13.5 Å². The Morgan fingerprint density at radius 1 is 1.53 bits per heavy atom. The smallest absolute Gasteiger partial charge is 0.0492 e. The second-order valence-electron chi connectivity index (χ2n) is 4.35. The van der Waals surface area contributed by atoms with Gasteiger partial charge in [0.25, 0.3) is 0 Å². The molecule has 2 N–H and O–H groups in total. The monoisotopic (exact) mass is 205 g/mol. The van der Waals surface area contributed by atoms with Crippen LogP contribution in [0.4, 0.5) is 0 Å². The summed E-state index contributed by atoms with van der Waals surface area (Å²) in [7, 11) is 1.99. The summed E-state index contributed by atoms with van der Waals surface area (Å²) in [5.41, 5.74) is 8.71. The van der Waals surface area contributed by atoms with Crippen molar-refractivity contribution in [3.63, 3.8) is 0 Å². The SMILES string of the molecule is Cn1nccc1CC=C1CCC(N)CC1. The van der Waals surface area contributed by atoms with Crippen LogP contribution in [0, 0.1) is 0 Å². The molecular weight excluding hydrogens is 186 g/mol. The first-order chi connectivity index (χ1) is 7.25. The van der Waals surface area contributed by atoms with Gasteiger partial charge in [-0.3, -0.25) is 4.68 Å². The molecule has 1 aromatic rings. The number of allylic oxidation sites excluding steroid dienone is 2. The normalized spacial score (nSPS) is 21.7. The van der Waals surface area contributed by atoms with Gasteiger partial charge in [0.05, 0.1) is 0 Å². The zero-order valence-electron chi connectivity index (χ0n) is 9.32. The van der Waals surface area contributed by atoms with Gasteiger partial charge in [0, 0.05) is 31.4 Å². The third-order valence-electron chi connectivity index (χ3n) is 3.19. The topological polar surface area (TPSA) is 43.8 Å². The van der Waals surface area contributed by atoms with Crippen LogP contribution in [0.25, 0.3) is 0 Å². The molecule has 0 saturated heterocycles. The second kappa shape index (κ2) is 4.62. The van der Waals surface area contributed by atoms with Gasteiger partial charge in [-0.25, -0.2) is 0 Å². The number of hydrogen-bond acceptors (Lipinski definition) is 2. The van der Waals surface area contributed by atoms with E-state index >= 15 is 0 Å². The number of hydrogen-bond donors (Lipinski definition) is 1. The fraction of sp³-hybridized carbons (Fsp3) is 0.583. The fourth-order valence-corrected chi connectivity index (χ4v) is 2.07. The zero-order chi connectivity index (χ0) is 10.7. The van der Waals surface area contributed by atoms with Gasteiger partial charge in [-0.05, 0) is 31.7 Å². The van der Waals surface area contributed by atoms with E-state index in [0.29, 0.717) is 6.04 Å². The summed E-state index contributed by atoms with van der Waals surface area (Å²) in [4.78, 5) is 0. The maximum Gasteiger partial charge on any atom is 0.0492 e. The standard InChI is InChI=1S/C12H19N3/c1-15-12(8-9-14-15)7-4-10-2-5-11(13)6-3-10/h4,8-9,11H,2-3,5-7,13H2,1H3. The molecule has 1 aliphatic rings.